The van der Waals surface area contributed by atoms with Crippen molar-refractivity contribution in [3.63, 3.8) is 0 Å². The fourth-order valence-corrected chi connectivity index (χ4v) is 2.34. The van der Waals surface area contributed by atoms with E-state index in [-0.39, 0.29) is 6.10 Å². The second-order valence-electron chi connectivity index (χ2n) is 5.19. The first kappa shape index (κ1) is 14.5. The van der Waals surface area contributed by atoms with Crippen LogP contribution in [0.3, 0.4) is 0 Å². The number of β-amino-alcohol motifs (C(OH)–C–C–N with tert-alkyl or cyclic N) is 1. The van der Waals surface area contributed by atoms with Crippen LogP contribution in [-0.4, -0.2) is 53.6 Å². The van der Waals surface area contributed by atoms with Crippen LogP contribution in [0.25, 0.3) is 0 Å². The molecule has 19 heavy (non-hydrogen) atoms. The Morgan fingerprint density at radius 2 is 1.89 bits per heavy atom. The van der Waals surface area contributed by atoms with E-state index in [1.807, 2.05) is 30.3 Å². The van der Waals surface area contributed by atoms with Gasteiger partial charge in [-0.25, -0.2) is 0 Å². The van der Waals surface area contributed by atoms with Crippen molar-refractivity contribution in [2.24, 2.45) is 0 Å². The summed E-state index contributed by atoms with van der Waals surface area (Å²) >= 11 is 0. The Morgan fingerprint density at radius 3 is 2.58 bits per heavy atom. The first-order valence-electron chi connectivity index (χ1n) is 6.94. The third-order valence-corrected chi connectivity index (χ3v) is 3.45. The number of benzene rings is 1. The van der Waals surface area contributed by atoms with Crippen molar-refractivity contribution >= 4 is 0 Å². The standard InChI is InChI=1S/C15H23NO3/c17-14-6-8-16(9-7-14)10-15(18)12-19-11-13-4-2-1-3-5-13/h1-5,14-15,17-18H,6-12H2/t15-/m0/s1. The predicted molar refractivity (Wildman–Crippen MR) is 73.8 cm³/mol. The highest BCUT2D eigenvalue weighted by molar-refractivity contribution is 5.13. The minimum atomic E-state index is -0.459. The number of ether oxygens (including phenoxy) is 1. The molecule has 1 fully saturated rings. The van der Waals surface area contributed by atoms with E-state index in [9.17, 15) is 10.2 Å². The van der Waals surface area contributed by atoms with Crippen LogP contribution in [0.5, 0.6) is 0 Å². The lowest BCUT2D eigenvalue weighted by Gasteiger charge is -2.30. The van der Waals surface area contributed by atoms with Crippen LogP contribution in [0.4, 0.5) is 0 Å². The third kappa shape index (κ3) is 5.28. The van der Waals surface area contributed by atoms with Crippen molar-refractivity contribution in [2.75, 3.05) is 26.2 Å². The van der Waals surface area contributed by atoms with Gasteiger partial charge in [0.25, 0.3) is 0 Å². The van der Waals surface area contributed by atoms with Crippen LogP contribution in [-0.2, 0) is 11.3 Å². The highest BCUT2D eigenvalue weighted by atomic mass is 16.5. The van der Waals surface area contributed by atoms with E-state index in [4.69, 9.17) is 4.74 Å². The molecule has 1 atom stereocenters. The van der Waals surface area contributed by atoms with Gasteiger partial charge >= 0.3 is 0 Å². The largest absolute Gasteiger partial charge is 0.393 e. The fourth-order valence-electron chi connectivity index (χ4n) is 2.34. The van der Waals surface area contributed by atoms with Crippen molar-refractivity contribution < 1.29 is 14.9 Å². The van der Waals surface area contributed by atoms with E-state index in [2.05, 4.69) is 4.90 Å². The summed E-state index contributed by atoms with van der Waals surface area (Å²) < 4.78 is 5.52. The van der Waals surface area contributed by atoms with Gasteiger partial charge in [0.05, 0.1) is 25.4 Å². The second kappa shape index (κ2) is 7.60. The van der Waals surface area contributed by atoms with Crippen molar-refractivity contribution in [1.29, 1.82) is 0 Å². The molecule has 0 spiro atoms. The van der Waals surface area contributed by atoms with Crippen molar-refractivity contribution in [1.82, 2.24) is 4.90 Å². The van der Waals surface area contributed by atoms with Crippen LogP contribution in [0.15, 0.2) is 30.3 Å². The van der Waals surface area contributed by atoms with Crippen molar-refractivity contribution in [3.05, 3.63) is 35.9 Å². The Hall–Kier alpha value is -0.940. The molecule has 2 rings (SSSR count). The van der Waals surface area contributed by atoms with Crippen LogP contribution in [0.2, 0.25) is 0 Å². The van der Waals surface area contributed by atoms with Gasteiger partial charge in [0.2, 0.25) is 0 Å². The molecule has 0 bridgehead atoms. The molecular weight excluding hydrogens is 242 g/mol. The van der Waals surface area contributed by atoms with E-state index in [1.165, 1.54) is 0 Å². The molecule has 2 N–H and O–H groups in total. The number of aliphatic hydroxyl groups excluding tert-OH is 2. The zero-order chi connectivity index (χ0) is 13.5. The summed E-state index contributed by atoms with van der Waals surface area (Å²) in [5.41, 5.74) is 1.12. The number of piperidine rings is 1. The summed E-state index contributed by atoms with van der Waals surface area (Å²) in [4.78, 5) is 2.18. The van der Waals surface area contributed by atoms with Crippen LogP contribution >= 0.6 is 0 Å². The van der Waals surface area contributed by atoms with Gasteiger partial charge < -0.3 is 19.8 Å². The molecule has 1 heterocycles. The zero-order valence-corrected chi connectivity index (χ0v) is 11.2. The average molecular weight is 265 g/mol. The van der Waals surface area contributed by atoms with Gasteiger partial charge in [-0.3, -0.25) is 0 Å². The lowest BCUT2D eigenvalue weighted by Crippen LogP contribution is -2.41. The molecule has 0 amide bonds. The molecule has 0 saturated carbocycles. The number of nitrogens with zero attached hydrogens (tertiary/aromatic N) is 1. The predicted octanol–water partition coefficient (Wildman–Crippen LogP) is 1.02. The molecular formula is C15H23NO3. The molecule has 0 radical (unpaired) electrons. The lowest BCUT2D eigenvalue weighted by molar-refractivity contribution is -0.00243. The second-order valence-corrected chi connectivity index (χ2v) is 5.19. The molecule has 106 valence electrons. The molecule has 1 aromatic carbocycles. The van der Waals surface area contributed by atoms with Crippen LogP contribution in [0, 0.1) is 0 Å². The molecule has 1 aliphatic heterocycles. The van der Waals surface area contributed by atoms with E-state index in [0.717, 1.165) is 31.5 Å². The monoisotopic (exact) mass is 265 g/mol. The molecule has 4 nitrogen and oxygen atoms in total. The van der Waals surface area contributed by atoms with Gasteiger partial charge in [0, 0.05) is 19.6 Å². The normalized spacial score (nSPS) is 19.5. The molecule has 1 aliphatic rings. The quantitative estimate of drug-likeness (QED) is 0.806. The van der Waals surface area contributed by atoms with E-state index in [0.29, 0.717) is 19.8 Å². The minimum absolute atomic E-state index is 0.164. The molecule has 0 aliphatic carbocycles. The van der Waals surface area contributed by atoms with Gasteiger partial charge in [0.1, 0.15) is 0 Å². The van der Waals surface area contributed by atoms with E-state index in [1.54, 1.807) is 0 Å². The highest BCUT2D eigenvalue weighted by Crippen LogP contribution is 2.10. The zero-order valence-electron chi connectivity index (χ0n) is 11.2. The molecule has 4 heteroatoms. The molecule has 1 saturated heterocycles. The molecule has 0 aromatic heterocycles. The minimum Gasteiger partial charge on any atom is -0.393 e. The lowest BCUT2D eigenvalue weighted by atomic mass is 10.1. The number of hydrogen-bond acceptors (Lipinski definition) is 4. The van der Waals surface area contributed by atoms with Crippen LogP contribution in [0.1, 0.15) is 18.4 Å². The van der Waals surface area contributed by atoms with Crippen LogP contribution < -0.4 is 0 Å². The smallest absolute Gasteiger partial charge is 0.0900 e. The first-order valence-corrected chi connectivity index (χ1v) is 6.94. The summed E-state index contributed by atoms with van der Waals surface area (Å²) in [6.07, 6.45) is 0.983. The topological polar surface area (TPSA) is 52.9 Å². The van der Waals surface area contributed by atoms with Crippen molar-refractivity contribution in [2.45, 2.75) is 31.7 Å². The van der Waals surface area contributed by atoms with Gasteiger partial charge in [-0.2, -0.15) is 0 Å². The highest BCUT2D eigenvalue weighted by Gasteiger charge is 2.19. The Balaban J connectivity index is 1.61. The Kier molecular flexibility index (Phi) is 5.79. The Morgan fingerprint density at radius 1 is 1.21 bits per heavy atom. The maximum absolute atomic E-state index is 9.92. The SMILES string of the molecule is OC1CCN(C[C@H](O)COCc2ccccc2)CC1. The fraction of sp³-hybridized carbons (Fsp3) is 0.600. The maximum Gasteiger partial charge on any atom is 0.0900 e. The summed E-state index contributed by atoms with van der Waals surface area (Å²) in [6.45, 7) is 3.24. The van der Waals surface area contributed by atoms with Crippen molar-refractivity contribution in [3.8, 4) is 0 Å². The molecule has 1 aromatic rings. The van der Waals surface area contributed by atoms with Gasteiger partial charge in [-0.05, 0) is 18.4 Å². The number of hydrogen-bond donors (Lipinski definition) is 2. The summed E-state index contributed by atoms with van der Waals surface area (Å²) in [7, 11) is 0. The number of rotatable bonds is 6. The summed E-state index contributed by atoms with van der Waals surface area (Å²) in [5.74, 6) is 0. The van der Waals surface area contributed by atoms with Gasteiger partial charge in [-0.15, -0.1) is 0 Å². The number of likely N-dealkylation sites (tertiary alicyclic amines) is 1. The first-order chi connectivity index (χ1) is 9.24. The third-order valence-electron chi connectivity index (χ3n) is 3.45. The maximum atomic E-state index is 9.92. The van der Waals surface area contributed by atoms with Gasteiger partial charge in [-0.1, -0.05) is 30.3 Å². The van der Waals surface area contributed by atoms with Gasteiger partial charge in [0.15, 0.2) is 0 Å². The summed E-state index contributed by atoms with van der Waals surface area (Å²) in [5, 5.41) is 19.3. The summed E-state index contributed by atoms with van der Waals surface area (Å²) in [6, 6.07) is 9.96. The van der Waals surface area contributed by atoms with E-state index >= 15 is 0 Å². The van der Waals surface area contributed by atoms with E-state index < -0.39 is 6.10 Å². The Bertz CT molecular complexity index is 350. The average Bonchev–Trinajstić information content (AvgIpc) is 2.43. The molecule has 0 unspecified atom stereocenters. The number of aliphatic hydroxyl groups is 2. The Labute approximate surface area is 114 Å².